The number of benzene rings is 3. The zero-order chi connectivity index (χ0) is 24.0. The van der Waals surface area contributed by atoms with Crippen molar-refractivity contribution >= 4 is 31.8 Å². The summed E-state index contributed by atoms with van der Waals surface area (Å²) >= 11 is 4.01. The van der Waals surface area contributed by atoms with Gasteiger partial charge in [-0.25, -0.2) is 0 Å². The van der Waals surface area contributed by atoms with Crippen molar-refractivity contribution in [2.45, 2.75) is 55.8 Å². The number of hydrogen-bond donors (Lipinski definition) is 0. The van der Waals surface area contributed by atoms with Gasteiger partial charge in [-0.1, -0.05) is 119 Å². The van der Waals surface area contributed by atoms with Gasteiger partial charge in [-0.15, -0.1) is 23.5 Å². The van der Waals surface area contributed by atoms with Gasteiger partial charge in [0.2, 0.25) is 0 Å². The van der Waals surface area contributed by atoms with E-state index in [1.165, 1.54) is 16.7 Å². The predicted octanol–water partition coefficient (Wildman–Crippen LogP) is 8.81. The minimum Gasteiger partial charge on any atom is -0.416 e. The average Bonchev–Trinajstić information content (AvgIpc) is 2.82. The first kappa shape index (κ1) is 26.1. The Morgan fingerprint density at radius 1 is 0.727 bits per heavy atom. The van der Waals surface area contributed by atoms with Crippen molar-refractivity contribution in [3.8, 4) is 0 Å². The summed E-state index contributed by atoms with van der Waals surface area (Å²) in [4.78, 5) is 0. The summed E-state index contributed by atoms with van der Waals surface area (Å²) < 4.78 is 6.25. The lowest BCUT2D eigenvalue weighted by molar-refractivity contribution is 0.292. The second-order valence-corrected chi connectivity index (χ2v) is 17.9. The topological polar surface area (TPSA) is 9.23 Å². The van der Waals surface area contributed by atoms with E-state index in [9.17, 15) is 0 Å². The Balaban J connectivity index is 1.84. The van der Waals surface area contributed by atoms with E-state index in [1.54, 1.807) is 0 Å². The van der Waals surface area contributed by atoms with E-state index in [-0.39, 0.29) is 9.79 Å². The van der Waals surface area contributed by atoms with E-state index >= 15 is 0 Å². The Labute approximate surface area is 210 Å². The Kier molecular flexibility index (Phi) is 8.96. The molecule has 176 valence electrons. The predicted molar refractivity (Wildman–Crippen MR) is 152 cm³/mol. The first-order valence-corrected chi connectivity index (χ1v) is 16.7. The maximum absolute atomic E-state index is 6.50. The van der Waals surface area contributed by atoms with Crippen LogP contribution >= 0.6 is 23.5 Å². The van der Waals surface area contributed by atoms with Crippen molar-refractivity contribution in [1.29, 1.82) is 0 Å². The van der Waals surface area contributed by atoms with Crippen molar-refractivity contribution < 1.29 is 4.43 Å². The molecule has 1 unspecified atom stereocenters. The highest BCUT2D eigenvalue weighted by atomic mass is 32.2. The molecule has 3 aromatic carbocycles. The molecule has 0 spiro atoms. The molecular formula is C29H38OS2Si. The van der Waals surface area contributed by atoms with Crippen molar-refractivity contribution in [3.05, 3.63) is 108 Å². The Hall–Kier alpha value is -1.46. The van der Waals surface area contributed by atoms with Crippen LogP contribution in [0.4, 0.5) is 0 Å². The highest BCUT2D eigenvalue weighted by Gasteiger charge is 2.38. The van der Waals surface area contributed by atoms with Gasteiger partial charge in [0.05, 0.1) is 4.75 Å². The van der Waals surface area contributed by atoms with Gasteiger partial charge in [-0.2, -0.15) is 0 Å². The smallest absolute Gasteiger partial charge is 0.192 e. The fourth-order valence-electron chi connectivity index (χ4n) is 3.60. The fraction of sp³-hybridized carbons (Fsp3) is 0.379. The molecule has 3 aromatic rings. The molecule has 1 nitrogen and oxygen atoms in total. The SMILES string of the molecule is CC(CO[Si](C)(C)C(C)(C)C)SCSC(c1ccccc1)(c1ccccc1)c1ccccc1. The Bertz CT molecular complexity index is 872. The van der Waals surface area contributed by atoms with E-state index in [4.69, 9.17) is 4.43 Å². The summed E-state index contributed by atoms with van der Waals surface area (Å²) in [7, 11) is -1.72. The average molecular weight is 495 g/mol. The quantitative estimate of drug-likeness (QED) is 0.158. The van der Waals surface area contributed by atoms with E-state index in [2.05, 4.69) is 132 Å². The molecule has 0 saturated carbocycles. The standard InChI is InChI=1S/C29H38OS2Si/c1-24(22-30-33(5,6)28(2,3)4)31-23-32-29(25-16-10-7-11-17-25,26-18-12-8-13-19-26)27-20-14-9-15-21-27/h7-21,24H,22-23H2,1-6H3. The number of rotatable bonds is 10. The zero-order valence-electron chi connectivity index (χ0n) is 20.9. The largest absolute Gasteiger partial charge is 0.416 e. The highest BCUT2D eigenvalue weighted by Crippen LogP contribution is 2.49. The van der Waals surface area contributed by atoms with Crippen LogP contribution in [0.1, 0.15) is 44.4 Å². The van der Waals surface area contributed by atoms with E-state index in [0.29, 0.717) is 5.25 Å². The van der Waals surface area contributed by atoms with Crippen LogP contribution in [0.3, 0.4) is 0 Å². The summed E-state index contributed by atoms with van der Waals surface area (Å²) in [6, 6.07) is 32.8. The molecule has 0 radical (unpaired) electrons. The molecule has 0 aliphatic carbocycles. The second kappa shape index (κ2) is 11.3. The minimum absolute atomic E-state index is 0.245. The monoisotopic (exact) mass is 494 g/mol. The van der Waals surface area contributed by atoms with Crippen molar-refractivity contribution in [2.75, 3.05) is 11.7 Å². The van der Waals surface area contributed by atoms with E-state index in [1.807, 2.05) is 23.5 Å². The van der Waals surface area contributed by atoms with Gasteiger partial charge in [0, 0.05) is 16.9 Å². The first-order chi connectivity index (χ1) is 15.7. The van der Waals surface area contributed by atoms with E-state index in [0.717, 1.165) is 11.7 Å². The lowest BCUT2D eigenvalue weighted by Crippen LogP contribution is -2.42. The van der Waals surface area contributed by atoms with Crippen LogP contribution in [0, 0.1) is 0 Å². The van der Waals surface area contributed by atoms with Gasteiger partial charge in [0.1, 0.15) is 0 Å². The Morgan fingerprint density at radius 3 is 1.48 bits per heavy atom. The van der Waals surface area contributed by atoms with Crippen LogP contribution in [-0.2, 0) is 9.17 Å². The molecule has 0 aliphatic heterocycles. The third-order valence-corrected chi connectivity index (χ3v) is 14.0. The molecule has 4 heteroatoms. The molecule has 0 bridgehead atoms. The van der Waals surface area contributed by atoms with Crippen LogP contribution in [0.25, 0.3) is 0 Å². The minimum atomic E-state index is -1.72. The van der Waals surface area contributed by atoms with Crippen LogP contribution in [-0.4, -0.2) is 25.3 Å². The molecule has 0 aromatic heterocycles. The first-order valence-electron chi connectivity index (χ1n) is 11.7. The molecular weight excluding hydrogens is 457 g/mol. The third kappa shape index (κ3) is 6.36. The molecule has 3 rings (SSSR count). The lowest BCUT2D eigenvalue weighted by Gasteiger charge is -2.37. The van der Waals surface area contributed by atoms with Gasteiger partial charge in [0.25, 0.3) is 0 Å². The second-order valence-electron chi connectivity index (χ2n) is 10.1. The van der Waals surface area contributed by atoms with Gasteiger partial charge in [0.15, 0.2) is 8.32 Å². The van der Waals surface area contributed by atoms with Gasteiger partial charge in [-0.3, -0.25) is 0 Å². The Morgan fingerprint density at radius 2 is 1.12 bits per heavy atom. The highest BCUT2D eigenvalue weighted by molar-refractivity contribution is 8.16. The normalized spacial score (nSPS) is 13.6. The van der Waals surface area contributed by atoms with Crippen LogP contribution < -0.4 is 0 Å². The van der Waals surface area contributed by atoms with Gasteiger partial charge >= 0.3 is 0 Å². The summed E-state index contributed by atoms with van der Waals surface area (Å²) in [5.41, 5.74) is 3.95. The van der Waals surface area contributed by atoms with Crippen molar-refractivity contribution in [1.82, 2.24) is 0 Å². The fourth-order valence-corrected chi connectivity index (χ4v) is 7.80. The summed E-state index contributed by atoms with van der Waals surface area (Å²) in [5.74, 6) is 0. The molecule has 0 N–H and O–H groups in total. The molecule has 0 saturated heterocycles. The number of thioether (sulfide) groups is 2. The maximum atomic E-state index is 6.50. The summed E-state index contributed by atoms with van der Waals surface area (Å²) in [6.45, 7) is 14.7. The van der Waals surface area contributed by atoms with Crippen LogP contribution in [0.5, 0.6) is 0 Å². The molecule has 0 fully saturated rings. The summed E-state index contributed by atoms with van der Waals surface area (Å²) in [5, 5.41) is 1.68. The molecule has 0 amide bonds. The maximum Gasteiger partial charge on any atom is 0.192 e. The molecule has 1 atom stereocenters. The lowest BCUT2D eigenvalue weighted by atomic mass is 9.84. The van der Waals surface area contributed by atoms with Crippen LogP contribution in [0.2, 0.25) is 18.1 Å². The number of hydrogen-bond acceptors (Lipinski definition) is 3. The molecule has 0 aliphatic rings. The van der Waals surface area contributed by atoms with Gasteiger partial charge < -0.3 is 4.43 Å². The van der Waals surface area contributed by atoms with Crippen molar-refractivity contribution in [2.24, 2.45) is 0 Å². The van der Waals surface area contributed by atoms with Gasteiger partial charge in [-0.05, 0) is 34.8 Å². The van der Waals surface area contributed by atoms with Crippen molar-refractivity contribution in [3.63, 3.8) is 0 Å². The van der Waals surface area contributed by atoms with E-state index < -0.39 is 8.32 Å². The molecule has 33 heavy (non-hydrogen) atoms. The summed E-state index contributed by atoms with van der Waals surface area (Å²) in [6.07, 6.45) is 0. The third-order valence-electron chi connectivity index (χ3n) is 6.65. The van der Waals surface area contributed by atoms with Crippen LogP contribution in [0.15, 0.2) is 91.0 Å². The molecule has 0 heterocycles. The zero-order valence-corrected chi connectivity index (χ0v) is 23.5.